The molecule has 0 saturated carbocycles. The van der Waals surface area contributed by atoms with Crippen LogP contribution in [0.3, 0.4) is 0 Å². The lowest BCUT2D eigenvalue weighted by atomic mass is 9.82. The Morgan fingerprint density at radius 1 is 1.07 bits per heavy atom. The molecule has 2 aromatic carbocycles. The van der Waals surface area contributed by atoms with Gasteiger partial charge in [-0.25, -0.2) is 4.79 Å². The fraction of sp³-hybridized carbons (Fsp3) is 0.406. The number of nitrogens with zero attached hydrogens (tertiary/aromatic N) is 2. The molecule has 1 atom stereocenters. The Balaban J connectivity index is 1.29. The highest BCUT2D eigenvalue weighted by atomic mass is 19.4. The third-order valence-corrected chi connectivity index (χ3v) is 7.74. The van der Waals surface area contributed by atoms with Crippen LogP contribution in [-0.4, -0.2) is 47.9 Å². The first-order valence-electron chi connectivity index (χ1n) is 14.1. The number of anilines is 1. The lowest BCUT2D eigenvalue weighted by Gasteiger charge is -2.58. The van der Waals surface area contributed by atoms with Gasteiger partial charge in [-0.05, 0) is 74.6 Å². The van der Waals surface area contributed by atoms with Crippen molar-refractivity contribution >= 4 is 17.7 Å². The number of amides is 2. The van der Waals surface area contributed by atoms with Crippen molar-refractivity contribution in [2.24, 2.45) is 0 Å². The van der Waals surface area contributed by atoms with E-state index in [1.807, 2.05) is 13.0 Å². The van der Waals surface area contributed by atoms with E-state index in [0.29, 0.717) is 35.5 Å². The second-order valence-electron chi connectivity index (χ2n) is 12.1. The van der Waals surface area contributed by atoms with E-state index in [1.165, 1.54) is 12.3 Å². The van der Waals surface area contributed by atoms with Gasteiger partial charge in [0.2, 0.25) is 0 Å². The van der Waals surface area contributed by atoms with Crippen LogP contribution in [-0.2, 0) is 22.2 Å². The van der Waals surface area contributed by atoms with E-state index in [0.717, 1.165) is 36.3 Å². The normalized spacial score (nSPS) is 16.6. The molecule has 2 amide bonds. The van der Waals surface area contributed by atoms with Crippen molar-refractivity contribution in [1.82, 2.24) is 15.6 Å². The molecule has 0 aliphatic carbocycles. The minimum absolute atomic E-state index is 0.0186. The molecule has 0 radical (unpaired) electrons. The fourth-order valence-electron chi connectivity index (χ4n) is 5.25. The first-order chi connectivity index (χ1) is 20.2. The molecule has 2 aliphatic heterocycles. The maximum Gasteiger partial charge on any atom is 0.416 e. The topological polar surface area (TPSA) is 92.8 Å². The van der Waals surface area contributed by atoms with E-state index in [4.69, 9.17) is 9.47 Å². The average Bonchev–Trinajstić information content (AvgIpc) is 2.89. The number of ether oxygens (including phenoxy) is 2. The van der Waals surface area contributed by atoms with Crippen LogP contribution in [0.1, 0.15) is 67.2 Å². The van der Waals surface area contributed by atoms with Crippen LogP contribution in [0.25, 0.3) is 11.1 Å². The van der Waals surface area contributed by atoms with Crippen molar-refractivity contribution < 1.29 is 32.2 Å². The third-order valence-electron chi connectivity index (χ3n) is 7.74. The molecule has 2 saturated heterocycles. The maximum absolute atomic E-state index is 13.6. The van der Waals surface area contributed by atoms with E-state index in [9.17, 15) is 22.8 Å². The van der Waals surface area contributed by atoms with Crippen LogP contribution < -0.4 is 15.5 Å². The van der Waals surface area contributed by atoms with E-state index < -0.39 is 23.4 Å². The number of hydrogen-bond acceptors (Lipinski definition) is 6. The summed E-state index contributed by atoms with van der Waals surface area (Å²) in [5, 5.41) is 5.60. The zero-order valence-corrected chi connectivity index (χ0v) is 24.5. The van der Waals surface area contributed by atoms with Gasteiger partial charge >= 0.3 is 12.3 Å². The average molecular weight is 597 g/mol. The van der Waals surface area contributed by atoms with Gasteiger partial charge in [-0.1, -0.05) is 30.3 Å². The van der Waals surface area contributed by atoms with Crippen LogP contribution in [0.2, 0.25) is 0 Å². The SMILES string of the molecule is C[C@@H](NC(=O)c1cncc(N2CCC23COC3)c1)c1ccc(-c2cc(C(F)(F)F)ccc2CNC(=O)OC(C)(C)C)cc1. The van der Waals surface area contributed by atoms with Crippen molar-refractivity contribution in [3.05, 3.63) is 83.2 Å². The van der Waals surface area contributed by atoms with Gasteiger partial charge in [0.1, 0.15) is 5.60 Å². The molecule has 0 unspecified atom stereocenters. The van der Waals surface area contributed by atoms with Crippen molar-refractivity contribution in [2.45, 2.75) is 64.0 Å². The van der Waals surface area contributed by atoms with Gasteiger partial charge in [0.15, 0.2) is 0 Å². The number of nitrogens with one attached hydrogen (secondary N) is 2. The maximum atomic E-state index is 13.6. The molecule has 1 spiro atoms. The summed E-state index contributed by atoms with van der Waals surface area (Å²) in [6.07, 6.45) is -0.861. The Morgan fingerprint density at radius 3 is 2.37 bits per heavy atom. The largest absolute Gasteiger partial charge is 0.444 e. The predicted molar refractivity (Wildman–Crippen MR) is 156 cm³/mol. The van der Waals surface area contributed by atoms with E-state index >= 15 is 0 Å². The molecular formula is C32H35F3N4O4. The molecule has 1 aromatic heterocycles. The second kappa shape index (κ2) is 11.5. The van der Waals surface area contributed by atoms with Gasteiger partial charge < -0.3 is 25.0 Å². The minimum Gasteiger partial charge on any atom is -0.444 e. The van der Waals surface area contributed by atoms with Gasteiger partial charge in [-0.15, -0.1) is 0 Å². The highest BCUT2D eigenvalue weighted by Crippen LogP contribution is 2.41. The summed E-state index contributed by atoms with van der Waals surface area (Å²) in [5.41, 5.74) is 1.98. The number of alkyl halides is 3. The Labute approximate surface area is 248 Å². The van der Waals surface area contributed by atoms with Gasteiger partial charge in [-0.3, -0.25) is 9.78 Å². The third kappa shape index (κ3) is 6.77. The van der Waals surface area contributed by atoms with Crippen LogP contribution in [0, 0.1) is 0 Å². The lowest BCUT2D eigenvalue weighted by Crippen LogP contribution is -2.71. The molecule has 5 rings (SSSR count). The van der Waals surface area contributed by atoms with Crippen LogP contribution in [0.5, 0.6) is 0 Å². The van der Waals surface area contributed by atoms with Crippen molar-refractivity contribution in [2.75, 3.05) is 24.7 Å². The molecule has 8 nitrogen and oxygen atoms in total. The van der Waals surface area contributed by atoms with E-state index in [1.54, 1.807) is 51.2 Å². The number of hydrogen-bond donors (Lipinski definition) is 2. The number of rotatable bonds is 7. The van der Waals surface area contributed by atoms with Gasteiger partial charge in [0, 0.05) is 19.3 Å². The second-order valence-corrected chi connectivity index (χ2v) is 12.1. The summed E-state index contributed by atoms with van der Waals surface area (Å²) in [4.78, 5) is 31.8. The smallest absolute Gasteiger partial charge is 0.416 e. The minimum atomic E-state index is -4.53. The first-order valence-corrected chi connectivity index (χ1v) is 14.1. The first kappa shape index (κ1) is 30.3. The molecule has 43 heavy (non-hydrogen) atoms. The molecule has 2 N–H and O–H groups in total. The summed E-state index contributed by atoms with van der Waals surface area (Å²) in [6, 6.07) is 11.8. The van der Waals surface area contributed by atoms with Crippen molar-refractivity contribution in [1.29, 1.82) is 0 Å². The molecule has 2 aliphatic rings. The summed E-state index contributed by atoms with van der Waals surface area (Å²) >= 11 is 0. The van der Waals surface area contributed by atoms with Gasteiger partial charge in [0.25, 0.3) is 5.91 Å². The number of halogens is 3. The molecule has 228 valence electrons. The molecule has 0 bridgehead atoms. The molecule has 2 fully saturated rings. The zero-order chi connectivity index (χ0) is 31.0. The number of carbonyl (C=O) groups is 2. The number of aromatic nitrogens is 1. The predicted octanol–water partition coefficient (Wildman–Crippen LogP) is 6.26. The number of benzene rings is 2. The van der Waals surface area contributed by atoms with E-state index in [2.05, 4.69) is 20.5 Å². The van der Waals surface area contributed by atoms with Gasteiger partial charge in [-0.2, -0.15) is 13.2 Å². The van der Waals surface area contributed by atoms with Crippen LogP contribution in [0.4, 0.5) is 23.7 Å². The summed E-state index contributed by atoms with van der Waals surface area (Å²) in [7, 11) is 0. The Bertz CT molecular complexity index is 1490. The Morgan fingerprint density at radius 2 is 1.79 bits per heavy atom. The highest BCUT2D eigenvalue weighted by Gasteiger charge is 2.51. The molecular weight excluding hydrogens is 561 g/mol. The zero-order valence-electron chi connectivity index (χ0n) is 24.5. The standard InChI is InChI=1S/C32H35F3N4O4/c1-20(38-28(40)24-13-26(17-36-15-24)39-12-11-31(39)18-42-19-31)21-5-7-22(8-6-21)27-14-25(32(33,34)35)10-9-23(27)16-37-29(41)43-30(2,3)4/h5-10,13-15,17,20H,11-12,16,18-19H2,1-4H3,(H,37,41)(H,38,40)/t20-/m1/s1. The summed E-state index contributed by atoms with van der Waals surface area (Å²) in [6.45, 7) is 9.24. The monoisotopic (exact) mass is 596 g/mol. The van der Waals surface area contributed by atoms with Crippen LogP contribution >= 0.6 is 0 Å². The number of carbonyl (C=O) groups excluding carboxylic acids is 2. The summed E-state index contributed by atoms with van der Waals surface area (Å²) < 4.78 is 51.3. The van der Waals surface area contributed by atoms with Crippen LogP contribution in [0.15, 0.2) is 60.9 Å². The Kier molecular flexibility index (Phi) is 8.13. The quantitative estimate of drug-likeness (QED) is 0.335. The van der Waals surface area contributed by atoms with E-state index in [-0.39, 0.29) is 24.0 Å². The van der Waals surface area contributed by atoms with Gasteiger partial charge in [0.05, 0.1) is 47.8 Å². The Hall–Kier alpha value is -4.12. The molecule has 3 aromatic rings. The van der Waals surface area contributed by atoms with Crippen molar-refractivity contribution in [3.63, 3.8) is 0 Å². The lowest BCUT2D eigenvalue weighted by molar-refractivity contribution is -0.137. The summed E-state index contributed by atoms with van der Waals surface area (Å²) in [5.74, 6) is -0.279. The molecule has 3 heterocycles. The fourth-order valence-corrected chi connectivity index (χ4v) is 5.25. The van der Waals surface area contributed by atoms with Crippen molar-refractivity contribution in [3.8, 4) is 11.1 Å². The number of alkyl carbamates (subject to hydrolysis) is 1. The number of pyridine rings is 1. The molecule has 11 heteroatoms. The highest BCUT2D eigenvalue weighted by molar-refractivity contribution is 5.95.